The first-order valence-electron chi connectivity index (χ1n) is 7.77. The van der Waals surface area contributed by atoms with E-state index in [1.54, 1.807) is 0 Å². The Morgan fingerprint density at radius 3 is 2.36 bits per heavy atom. The number of hydrogen-bond donors (Lipinski definition) is 0. The molecule has 0 saturated heterocycles. The first kappa shape index (κ1) is 21.3. The molecule has 1 amide bonds. The van der Waals surface area contributed by atoms with Crippen molar-refractivity contribution < 1.29 is 35.3 Å². The number of rotatable bonds is 9. The maximum absolute atomic E-state index is 13.9. The number of anilines is 1. The molecule has 0 saturated carbocycles. The number of unbranched alkanes of at least 4 members (excludes halogenated alkanes) is 4. The van der Waals surface area contributed by atoms with Crippen molar-refractivity contribution in [3.63, 3.8) is 0 Å². The summed E-state index contributed by atoms with van der Waals surface area (Å²) in [5.41, 5.74) is 0.133. The summed E-state index contributed by atoms with van der Waals surface area (Å²) >= 11 is 0. The molecule has 0 aliphatic heterocycles. The quantitative estimate of drug-likeness (QED) is 0.356. The van der Waals surface area contributed by atoms with Crippen LogP contribution in [0, 0.1) is 17.7 Å². The number of amides is 1. The molecule has 0 atom stereocenters. The molecule has 1 aromatic rings. The van der Waals surface area contributed by atoms with Crippen LogP contribution in [0.25, 0.3) is 0 Å². The Morgan fingerprint density at radius 1 is 1.09 bits per heavy atom. The van der Waals surface area contributed by atoms with Gasteiger partial charge in [-0.1, -0.05) is 39.5 Å². The molecule has 0 heterocycles. The van der Waals surface area contributed by atoms with Crippen LogP contribution in [-0.4, -0.2) is 12.5 Å². The number of nitrogens with zero attached hydrogens (tertiary/aromatic N) is 1. The SMILES string of the molecule is CCCCCCN(C(=O)CCCC)c1ccc(F)[c-]c1F.[Ti]. The van der Waals surface area contributed by atoms with Crippen molar-refractivity contribution in [2.45, 2.75) is 58.8 Å². The van der Waals surface area contributed by atoms with Crippen LogP contribution in [0.4, 0.5) is 14.5 Å². The smallest absolute Gasteiger partial charge is 0.216 e. The van der Waals surface area contributed by atoms with Crippen LogP contribution in [0.3, 0.4) is 0 Å². The first-order chi connectivity index (χ1) is 10.1. The second-order valence-corrected chi connectivity index (χ2v) is 5.22. The number of carbonyl (C=O) groups excluding carboxylic acids is 1. The summed E-state index contributed by atoms with van der Waals surface area (Å²) in [6.45, 7) is 4.59. The fraction of sp³-hybridized carbons (Fsp3) is 0.588. The molecule has 2 nitrogen and oxygen atoms in total. The molecule has 0 aliphatic carbocycles. The van der Waals surface area contributed by atoms with Crippen LogP contribution in [0.1, 0.15) is 58.8 Å². The van der Waals surface area contributed by atoms with E-state index in [9.17, 15) is 13.6 Å². The maximum atomic E-state index is 13.9. The normalized spacial score (nSPS) is 10.2. The van der Waals surface area contributed by atoms with Gasteiger partial charge in [0, 0.05) is 46.3 Å². The molecule has 0 unspecified atom stereocenters. The molecule has 1 aromatic carbocycles. The van der Waals surface area contributed by atoms with E-state index in [0.717, 1.165) is 44.6 Å². The van der Waals surface area contributed by atoms with Crippen molar-refractivity contribution in [2.24, 2.45) is 0 Å². The summed E-state index contributed by atoms with van der Waals surface area (Å²) in [5, 5.41) is 0. The third-order valence-electron chi connectivity index (χ3n) is 3.41. The van der Waals surface area contributed by atoms with Crippen LogP contribution in [0.15, 0.2) is 12.1 Å². The maximum Gasteiger partial charge on any atom is 0.216 e. The van der Waals surface area contributed by atoms with Gasteiger partial charge >= 0.3 is 0 Å². The molecule has 22 heavy (non-hydrogen) atoms. The van der Waals surface area contributed by atoms with E-state index in [2.05, 4.69) is 6.92 Å². The van der Waals surface area contributed by atoms with Gasteiger partial charge in [-0.25, -0.2) is 8.78 Å². The van der Waals surface area contributed by atoms with Crippen molar-refractivity contribution in [1.82, 2.24) is 0 Å². The molecule has 122 valence electrons. The fourth-order valence-electron chi connectivity index (χ4n) is 2.18. The van der Waals surface area contributed by atoms with Gasteiger partial charge < -0.3 is 4.90 Å². The zero-order chi connectivity index (χ0) is 15.7. The van der Waals surface area contributed by atoms with Gasteiger partial charge in [-0.3, -0.25) is 4.79 Å². The Kier molecular flexibility index (Phi) is 11.4. The van der Waals surface area contributed by atoms with E-state index >= 15 is 0 Å². The molecule has 5 heteroatoms. The van der Waals surface area contributed by atoms with E-state index < -0.39 is 11.6 Å². The molecule has 0 fully saturated rings. The standard InChI is InChI=1S/C17H24F2NO.Ti/c1-3-5-7-8-12-20(17(21)9-6-4-2)16-11-10-14(18)13-15(16)19;/h10-11H,3-9,12H2,1-2H3;/q-1;. The summed E-state index contributed by atoms with van der Waals surface area (Å²) in [6, 6.07) is 4.47. The first-order valence-corrected chi connectivity index (χ1v) is 7.77. The van der Waals surface area contributed by atoms with Crippen molar-refractivity contribution in [3.05, 3.63) is 29.8 Å². The predicted molar refractivity (Wildman–Crippen MR) is 81.2 cm³/mol. The minimum absolute atomic E-state index is 0. The second-order valence-electron chi connectivity index (χ2n) is 5.22. The van der Waals surface area contributed by atoms with Crippen LogP contribution in [0.2, 0.25) is 0 Å². The van der Waals surface area contributed by atoms with Crippen molar-refractivity contribution in [1.29, 1.82) is 0 Å². The molecule has 0 spiro atoms. The van der Waals surface area contributed by atoms with E-state index in [4.69, 9.17) is 0 Å². The van der Waals surface area contributed by atoms with Crippen LogP contribution in [-0.2, 0) is 26.5 Å². The number of carbonyl (C=O) groups is 1. The zero-order valence-corrected chi connectivity index (χ0v) is 15.0. The monoisotopic (exact) mass is 344 g/mol. The van der Waals surface area contributed by atoms with Gasteiger partial charge in [0.1, 0.15) is 0 Å². The van der Waals surface area contributed by atoms with E-state index in [1.165, 1.54) is 11.0 Å². The molecule has 0 N–H and O–H groups in total. The van der Waals surface area contributed by atoms with Gasteiger partial charge in [0.15, 0.2) is 0 Å². The van der Waals surface area contributed by atoms with Gasteiger partial charge in [0.25, 0.3) is 0 Å². The second kappa shape index (κ2) is 11.8. The summed E-state index contributed by atoms with van der Waals surface area (Å²) in [7, 11) is 0. The Bertz CT molecular complexity index is 454. The third kappa shape index (κ3) is 7.02. The summed E-state index contributed by atoms with van der Waals surface area (Å²) < 4.78 is 26.8. The third-order valence-corrected chi connectivity index (χ3v) is 3.41. The molecular formula is C17H24F2NOTi-. The fourth-order valence-corrected chi connectivity index (χ4v) is 2.18. The molecule has 1 rings (SSSR count). The van der Waals surface area contributed by atoms with Crippen molar-refractivity contribution in [2.75, 3.05) is 11.4 Å². The average Bonchev–Trinajstić information content (AvgIpc) is 2.46. The van der Waals surface area contributed by atoms with Crippen LogP contribution >= 0.6 is 0 Å². The minimum atomic E-state index is -0.796. The van der Waals surface area contributed by atoms with Crippen molar-refractivity contribution in [3.8, 4) is 0 Å². The van der Waals surface area contributed by atoms with E-state index in [-0.39, 0.29) is 33.3 Å². The van der Waals surface area contributed by atoms with Crippen LogP contribution < -0.4 is 4.90 Å². The van der Waals surface area contributed by atoms with Gasteiger partial charge in [-0.15, -0.1) is 18.2 Å². The Labute approximate surface area is 147 Å². The largest absolute Gasteiger partial charge is 0.363 e. The van der Waals surface area contributed by atoms with Gasteiger partial charge in [-0.05, 0) is 18.5 Å². The Morgan fingerprint density at radius 2 is 1.77 bits per heavy atom. The molecule has 0 radical (unpaired) electrons. The van der Waals surface area contributed by atoms with Crippen LogP contribution in [0.5, 0.6) is 0 Å². The zero-order valence-electron chi connectivity index (χ0n) is 13.4. The molecule has 0 aliphatic rings. The number of hydrogen-bond acceptors (Lipinski definition) is 1. The van der Waals surface area contributed by atoms with Gasteiger partial charge in [-0.2, -0.15) is 0 Å². The van der Waals surface area contributed by atoms with E-state index in [1.807, 2.05) is 13.0 Å². The summed E-state index contributed by atoms with van der Waals surface area (Å²) in [5.74, 6) is -1.65. The molecule has 0 aromatic heterocycles. The van der Waals surface area contributed by atoms with Crippen molar-refractivity contribution >= 4 is 11.6 Å². The number of benzene rings is 1. The average molecular weight is 344 g/mol. The minimum Gasteiger partial charge on any atom is -0.363 e. The Balaban J connectivity index is 0.00000441. The molecule has 0 bridgehead atoms. The van der Waals surface area contributed by atoms with E-state index in [0.29, 0.717) is 13.0 Å². The topological polar surface area (TPSA) is 20.3 Å². The predicted octanol–water partition coefficient (Wildman–Crippen LogP) is 4.87. The Hall–Kier alpha value is -0.736. The van der Waals surface area contributed by atoms with Gasteiger partial charge in [0.05, 0.1) is 0 Å². The summed E-state index contributed by atoms with van der Waals surface area (Å²) in [4.78, 5) is 13.7. The molecular weight excluding hydrogens is 320 g/mol. The van der Waals surface area contributed by atoms with Gasteiger partial charge in [0.2, 0.25) is 5.91 Å². The number of halogens is 2. The summed E-state index contributed by atoms with van der Waals surface area (Å²) in [6.07, 6.45) is 6.09.